The number of hydrogen-bond acceptors (Lipinski definition) is 5. The van der Waals surface area contributed by atoms with Gasteiger partial charge in [0, 0.05) is 11.6 Å². The highest BCUT2D eigenvalue weighted by Crippen LogP contribution is 2.45. The van der Waals surface area contributed by atoms with Gasteiger partial charge in [-0.25, -0.2) is 15.3 Å². The first-order chi connectivity index (χ1) is 12.2. The van der Waals surface area contributed by atoms with Crippen LogP contribution >= 0.6 is 11.6 Å². The second-order valence-electron chi connectivity index (χ2n) is 6.92. The predicted molar refractivity (Wildman–Crippen MR) is 95.7 cm³/mol. The molecule has 1 heterocycles. The normalized spacial score (nSPS) is 24.8. The second-order valence-corrected chi connectivity index (χ2v) is 7.26. The third-order valence-electron chi connectivity index (χ3n) is 5.38. The van der Waals surface area contributed by atoms with Crippen molar-refractivity contribution < 1.29 is 9.63 Å². The predicted octanol–water partition coefficient (Wildman–Crippen LogP) is 4.49. The van der Waals surface area contributed by atoms with E-state index in [4.69, 9.17) is 16.4 Å². The Morgan fingerprint density at radius 2 is 1.88 bits per heavy atom. The van der Waals surface area contributed by atoms with Gasteiger partial charge in [-0.3, -0.25) is 0 Å². The summed E-state index contributed by atoms with van der Waals surface area (Å²) in [4.78, 5) is 26.1. The minimum absolute atomic E-state index is 0.00547. The number of nitrogens with one attached hydrogen (secondary N) is 1. The summed E-state index contributed by atoms with van der Waals surface area (Å²) >= 11 is 6.01. The van der Waals surface area contributed by atoms with Crippen LogP contribution in [0.5, 0.6) is 0 Å². The fraction of sp³-hybridized carbons (Fsp3) is 0.421. The molecular formula is C19H20ClN3O2. The van der Waals surface area contributed by atoms with E-state index in [1.807, 2.05) is 30.3 Å². The van der Waals surface area contributed by atoms with Crippen LogP contribution in [0.15, 0.2) is 36.4 Å². The van der Waals surface area contributed by atoms with Crippen molar-refractivity contribution in [2.45, 2.75) is 32.1 Å². The third-order valence-corrected chi connectivity index (χ3v) is 5.54. The van der Waals surface area contributed by atoms with Gasteiger partial charge in [0.25, 0.3) is 0 Å². The lowest BCUT2D eigenvalue weighted by Gasteiger charge is -2.40. The van der Waals surface area contributed by atoms with Crippen LogP contribution in [0.1, 0.15) is 32.1 Å². The summed E-state index contributed by atoms with van der Waals surface area (Å²) < 4.78 is 0. The van der Waals surface area contributed by atoms with Crippen LogP contribution < -0.4 is 5.48 Å². The van der Waals surface area contributed by atoms with Gasteiger partial charge in [0.2, 0.25) is 5.28 Å². The van der Waals surface area contributed by atoms with Crippen LogP contribution in [0.2, 0.25) is 5.28 Å². The standard InChI is InChI=1S/C19H20ClN3O2/c20-19-21-16(14-4-2-1-3-5-14)11-17(22-19)23-25-18(24)15-10-12-6-8-13(15)9-7-12/h1-5,11-13,15H,6-10H2,(H,21,22,23). The van der Waals surface area contributed by atoms with Crippen molar-refractivity contribution in [3.8, 4) is 11.3 Å². The minimum Gasteiger partial charge on any atom is -0.342 e. The van der Waals surface area contributed by atoms with Gasteiger partial charge < -0.3 is 4.84 Å². The highest BCUT2D eigenvalue weighted by Gasteiger charge is 2.40. The van der Waals surface area contributed by atoms with Crippen molar-refractivity contribution in [1.82, 2.24) is 9.97 Å². The van der Waals surface area contributed by atoms with Gasteiger partial charge in [0.05, 0.1) is 11.6 Å². The van der Waals surface area contributed by atoms with Gasteiger partial charge >= 0.3 is 5.97 Å². The summed E-state index contributed by atoms with van der Waals surface area (Å²) in [5.74, 6) is 1.35. The van der Waals surface area contributed by atoms with Crippen LogP contribution in [0.4, 0.5) is 5.82 Å². The molecule has 3 aliphatic rings. The molecule has 1 N–H and O–H groups in total. The molecule has 0 spiro atoms. The molecule has 5 rings (SSSR count). The Kier molecular flexibility index (Phi) is 4.57. The fourth-order valence-corrected chi connectivity index (χ4v) is 4.25. The lowest BCUT2D eigenvalue weighted by molar-refractivity contribution is -0.151. The van der Waals surface area contributed by atoms with Gasteiger partial charge in [0.1, 0.15) is 0 Å². The largest absolute Gasteiger partial charge is 0.342 e. The van der Waals surface area contributed by atoms with Gasteiger partial charge in [-0.15, -0.1) is 0 Å². The number of hydrogen-bond donors (Lipinski definition) is 1. The van der Waals surface area contributed by atoms with Crippen LogP contribution in [-0.2, 0) is 9.63 Å². The zero-order valence-electron chi connectivity index (χ0n) is 13.8. The number of fused-ring (bicyclic) bond motifs is 3. The maximum atomic E-state index is 12.4. The quantitative estimate of drug-likeness (QED) is 0.645. The molecule has 3 aliphatic carbocycles. The van der Waals surface area contributed by atoms with Gasteiger partial charge in [-0.1, -0.05) is 43.2 Å². The lowest BCUT2D eigenvalue weighted by Crippen LogP contribution is -2.37. The van der Waals surface area contributed by atoms with Gasteiger partial charge in [0.15, 0.2) is 5.82 Å². The average molecular weight is 358 g/mol. The van der Waals surface area contributed by atoms with Crippen molar-refractivity contribution in [2.75, 3.05) is 5.48 Å². The SMILES string of the molecule is O=C(ONc1cc(-c2ccccc2)nc(Cl)n1)C1CC2CCC1CC2. The van der Waals surface area contributed by atoms with Crippen molar-refractivity contribution in [3.63, 3.8) is 0 Å². The van der Waals surface area contributed by atoms with E-state index in [9.17, 15) is 4.79 Å². The minimum atomic E-state index is -0.189. The van der Waals surface area contributed by atoms with E-state index in [1.165, 1.54) is 12.8 Å². The van der Waals surface area contributed by atoms with Crippen molar-refractivity contribution >= 4 is 23.4 Å². The molecule has 3 saturated carbocycles. The molecule has 5 nitrogen and oxygen atoms in total. The van der Waals surface area contributed by atoms with Crippen LogP contribution in [0.3, 0.4) is 0 Å². The Hall–Kier alpha value is -2.14. The number of anilines is 1. The van der Waals surface area contributed by atoms with Crippen LogP contribution in [0.25, 0.3) is 11.3 Å². The van der Waals surface area contributed by atoms with Gasteiger partial charge in [-0.05, 0) is 42.7 Å². The second kappa shape index (κ2) is 7.00. The number of rotatable bonds is 4. The number of halogens is 1. The number of nitrogens with zero attached hydrogens (tertiary/aromatic N) is 2. The van der Waals surface area contributed by atoms with Crippen molar-refractivity contribution in [2.24, 2.45) is 17.8 Å². The molecule has 1 atom stereocenters. The van der Waals surface area contributed by atoms with E-state index >= 15 is 0 Å². The van der Waals surface area contributed by atoms with Gasteiger partial charge in [-0.2, -0.15) is 4.98 Å². The Morgan fingerprint density at radius 1 is 1.12 bits per heavy atom. The Balaban J connectivity index is 1.44. The maximum Gasteiger partial charge on any atom is 0.335 e. The molecule has 0 amide bonds. The highest BCUT2D eigenvalue weighted by atomic mass is 35.5. The molecule has 1 aromatic carbocycles. The Labute approximate surface area is 151 Å². The molecule has 25 heavy (non-hydrogen) atoms. The summed E-state index contributed by atoms with van der Waals surface area (Å²) in [6.45, 7) is 0. The summed E-state index contributed by atoms with van der Waals surface area (Å²) in [6, 6.07) is 11.4. The molecule has 1 aromatic heterocycles. The lowest BCUT2D eigenvalue weighted by atomic mass is 9.65. The molecule has 6 heteroatoms. The van der Waals surface area contributed by atoms with E-state index in [2.05, 4.69) is 15.4 Å². The van der Waals surface area contributed by atoms with Crippen molar-refractivity contribution in [1.29, 1.82) is 0 Å². The molecular weight excluding hydrogens is 338 g/mol. The van der Waals surface area contributed by atoms with E-state index < -0.39 is 0 Å². The molecule has 3 fully saturated rings. The molecule has 0 aliphatic heterocycles. The smallest absolute Gasteiger partial charge is 0.335 e. The molecule has 0 radical (unpaired) electrons. The number of carbonyl (C=O) groups is 1. The summed E-state index contributed by atoms with van der Waals surface area (Å²) in [5.41, 5.74) is 4.27. The molecule has 0 saturated heterocycles. The van der Waals surface area contributed by atoms with E-state index in [0.717, 1.165) is 24.8 Å². The van der Waals surface area contributed by atoms with Crippen LogP contribution in [-0.4, -0.2) is 15.9 Å². The monoisotopic (exact) mass is 357 g/mol. The first-order valence-electron chi connectivity index (χ1n) is 8.76. The first kappa shape index (κ1) is 16.3. The zero-order valence-corrected chi connectivity index (χ0v) is 14.6. The zero-order chi connectivity index (χ0) is 17.2. The topological polar surface area (TPSA) is 64.1 Å². The highest BCUT2D eigenvalue weighted by molar-refractivity contribution is 6.28. The van der Waals surface area contributed by atoms with E-state index in [-0.39, 0.29) is 17.2 Å². The first-order valence-corrected chi connectivity index (χ1v) is 9.13. The van der Waals surface area contributed by atoms with Crippen LogP contribution in [0, 0.1) is 17.8 Å². The summed E-state index contributed by atoms with van der Waals surface area (Å²) in [7, 11) is 0. The fourth-order valence-electron chi connectivity index (χ4n) is 4.07. The molecule has 2 aromatic rings. The molecule has 2 bridgehead atoms. The van der Waals surface area contributed by atoms with E-state index in [0.29, 0.717) is 23.3 Å². The average Bonchev–Trinajstić information content (AvgIpc) is 2.67. The number of benzene rings is 1. The molecule has 1 unspecified atom stereocenters. The maximum absolute atomic E-state index is 12.4. The third kappa shape index (κ3) is 3.61. The number of carbonyl (C=O) groups excluding carboxylic acids is 1. The number of aromatic nitrogens is 2. The van der Waals surface area contributed by atoms with Crippen molar-refractivity contribution in [3.05, 3.63) is 41.7 Å². The summed E-state index contributed by atoms with van der Waals surface area (Å²) in [5, 5.41) is 0.108. The summed E-state index contributed by atoms with van der Waals surface area (Å²) in [6.07, 6.45) is 5.74. The Bertz CT molecular complexity index is 761. The molecule has 130 valence electrons. The van der Waals surface area contributed by atoms with E-state index in [1.54, 1.807) is 6.07 Å². The Morgan fingerprint density at radius 3 is 2.56 bits per heavy atom.